The van der Waals surface area contributed by atoms with Crippen LogP contribution in [0.2, 0.25) is 0 Å². The third kappa shape index (κ3) is 1.99. The number of rotatable bonds is 2. The first-order chi connectivity index (χ1) is 9.25. The zero-order valence-corrected chi connectivity index (χ0v) is 9.92. The highest BCUT2D eigenvalue weighted by atomic mass is 16.1. The molecule has 94 valence electrons. The van der Waals surface area contributed by atoms with E-state index in [0.29, 0.717) is 22.6 Å². The Hall–Kier alpha value is -2.89. The van der Waals surface area contributed by atoms with E-state index in [1.54, 1.807) is 36.8 Å². The van der Waals surface area contributed by atoms with Crippen molar-refractivity contribution in [1.82, 2.24) is 15.0 Å². The number of amides is 1. The summed E-state index contributed by atoms with van der Waals surface area (Å²) in [6, 6.07) is 5.29. The Bertz CT molecular complexity index is 735. The van der Waals surface area contributed by atoms with Crippen molar-refractivity contribution in [3.63, 3.8) is 0 Å². The molecule has 3 heterocycles. The molecule has 0 saturated carbocycles. The maximum atomic E-state index is 12.1. The summed E-state index contributed by atoms with van der Waals surface area (Å²) in [4.78, 5) is 23.2. The highest BCUT2D eigenvalue weighted by Gasteiger charge is 2.13. The fraction of sp³-hybridized carbons (Fsp3) is 0. The number of nitrogens with one attached hydrogen (secondary N) is 2. The standard InChI is InChI=1S/C13H11N5O/c14-11-9-3-5-16-12(9)17-7-10(11)13(19)18-8-2-1-4-15-6-8/h1-7H,(H,18,19)(H3,14,16,17). The molecule has 1 amide bonds. The summed E-state index contributed by atoms with van der Waals surface area (Å²) in [5.74, 6) is -0.305. The maximum absolute atomic E-state index is 12.1. The lowest BCUT2D eigenvalue weighted by Gasteiger charge is -2.07. The summed E-state index contributed by atoms with van der Waals surface area (Å²) in [6.45, 7) is 0. The zero-order valence-electron chi connectivity index (χ0n) is 9.92. The average Bonchev–Trinajstić information content (AvgIpc) is 2.89. The van der Waals surface area contributed by atoms with E-state index < -0.39 is 0 Å². The molecule has 0 radical (unpaired) electrons. The van der Waals surface area contributed by atoms with Crippen molar-refractivity contribution in [1.29, 1.82) is 0 Å². The number of nitrogens with two attached hydrogens (primary N) is 1. The number of carbonyl (C=O) groups is 1. The van der Waals surface area contributed by atoms with Crippen molar-refractivity contribution >= 4 is 28.3 Å². The third-order valence-electron chi connectivity index (χ3n) is 2.79. The summed E-state index contributed by atoms with van der Waals surface area (Å²) in [6.07, 6.45) is 6.39. The lowest BCUT2D eigenvalue weighted by molar-refractivity contribution is 0.102. The zero-order chi connectivity index (χ0) is 13.2. The third-order valence-corrected chi connectivity index (χ3v) is 2.79. The average molecular weight is 253 g/mol. The van der Waals surface area contributed by atoms with E-state index in [1.807, 2.05) is 0 Å². The van der Waals surface area contributed by atoms with Crippen molar-refractivity contribution in [2.24, 2.45) is 0 Å². The van der Waals surface area contributed by atoms with Crippen molar-refractivity contribution in [2.75, 3.05) is 11.1 Å². The largest absolute Gasteiger partial charge is 0.397 e. The number of carbonyl (C=O) groups excluding carboxylic acids is 1. The van der Waals surface area contributed by atoms with E-state index in [9.17, 15) is 4.79 Å². The van der Waals surface area contributed by atoms with Crippen LogP contribution in [0.3, 0.4) is 0 Å². The van der Waals surface area contributed by atoms with Gasteiger partial charge in [-0.3, -0.25) is 9.78 Å². The van der Waals surface area contributed by atoms with Crippen LogP contribution in [-0.2, 0) is 0 Å². The molecule has 0 saturated heterocycles. The Morgan fingerprint density at radius 2 is 2.21 bits per heavy atom. The first-order valence-electron chi connectivity index (χ1n) is 5.68. The fourth-order valence-corrected chi connectivity index (χ4v) is 1.84. The lowest BCUT2D eigenvalue weighted by Crippen LogP contribution is -2.14. The first-order valence-corrected chi connectivity index (χ1v) is 5.68. The number of aromatic nitrogens is 3. The highest BCUT2D eigenvalue weighted by molar-refractivity contribution is 6.11. The van der Waals surface area contributed by atoms with Gasteiger partial charge in [-0.2, -0.15) is 0 Å². The van der Waals surface area contributed by atoms with Crippen LogP contribution in [0.4, 0.5) is 11.4 Å². The molecule has 0 spiro atoms. The van der Waals surface area contributed by atoms with Gasteiger partial charge in [0.25, 0.3) is 5.91 Å². The van der Waals surface area contributed by atoms with Gasteiger partial charge in [-0.05, 0) is 18.2 Å². The van der Waals surface area contributed by atoms with Gasteiger partial charge in [0, 0.05) is 24.0 Å². The van der Waals surface area contributed by atoms with E-state index in [4.69, 9.17) is 5.73 Å². The SMILES string of the molecule is Nc1c(C(=O)Nc2cccnc2)cnc2[nH]ccc12. The van der Waals surface area contributed by atoms with Crippen LogP contribution >= 0.6 is 0 Å². The maximum Gasteiger partial charge on any atom is 0.259 e. The second-order valence-electron chi connectivity index (χ2n) is 4.02. The molecule has 19 heavy (non-hydrogen) atoms. The number of pyridine rings is 2. The molecule has 0 aliphatic carbocycles. The summed E-state index contributed by atoms with van der Waals surface area (Å²) in [5, 5.41) is 3.46. The minimum Gasteiger partial charge on any atom is -0.397 e. The van der Waals surface area contributed by atoms with Gasteiger partial charge in [0.15, 0.2) is 0 Å². The number of aromatic amines is 1. The Morgan fingerprint density at radius 3 is 3.00 bits per heavy atom. The van der Waals surface area contributed by atoms with E-state index in [2.05, 4.69) is 20.3 Å². The van der Waals surface area contributed by atoms with Gasteiger partial charge in [0.1, 0.15) is 5.65 Å². The molecule has 3 aromatic heterocycles. The van der Waals surface area contributed by atoms with Crippen LogP contribution in [0, 0.1) is 0 Å². The Morgan fingerprint density at radius 1 is 1.32 bits per heavy atom. The molecule has 0 unspecified atom stereocenters. The lowest BCUT2D eigenvalue weighted by atomic mass is 10.1. The van der Waals surface area contributed by atoms with Crippen LogP contribution in [-0.4, -0.2) is 20.9 Å². The molecule has 3 aromatic rings. The van der Waals surface area contributed by atoms with Crippen LogP contribution in [0.15, 0.2) is 43.0 Å². The molecule has 4 N–H and O–H groups in total. The number of hydrogen-bond donors (Lipinski definition) is 3. The topological polar surface area (TPSA) is 96.7 Å². The van der Waals surface area contributed by atoms with Gasteiger partial charge in [-0.1, -0.05) is 0 Å². The number of nitrogens with zero attached hydrogens (tertiary/aromatic N) is 2. The number of fused-ring (bicyclic) bond motifs is 1. The monoisotopic (exact) mass is 253 g/mol. The van der Waals surface area contributed by atoms with Gasteiger partial charge < -0.3 is 16.0 Å². The van der Waals surface area contributed by atoms with Crippen LogP contribution < -0.4 is 11.1 Å². The number of nitrogen functional groups attached to an aromatic ring is 1. The molecule has 0 aliphatic heterocycles. The molecule has 0 fully saturated rings. The first kappa shape index (κ1) is 11.2. The van der Waals surface area contributed by atoms with Crippen LogP contribution in [0.1, 0.15) is 10.4 Å². The minimum absolute atomic E-state index is 0.305. The van der Waals surface area contributed by atoms with Crippen molar-refractivity contribution in [3.8, 4) is 0 Å². The van der Waals surface area contributed by atoms with Gasteiger partial charge >= 0.3 is 0 Å². The predicted molar refractivity (Wildman–Crippen MR) is 72.7 cm³/mol. The predicted octanol–water partition coefficient (Wildman–Crippen LogP) is 1.79. The summed E-state index contributed by atoms with van der Waals surface area (Å²) in [5.41, 5.74) is 8.01. The van der Waals surface area contributed by atoms with Crippen molar-refractivity contribution < 1.29 is 4.79 Å². The molecule has 0 atom stereocenters. The second-order valence-corrected chi connectivity index (χ2v) is 4.02. The highest BCUT2D eigenvalue weighted by Crippen LogP contribution is 2.22. The number of anilines is 2. The Kier molecular flexibility index (Phi) is 2.60. The normalized spacial score (nSPS) is 10.5. The van der Waals surface area contributed by atoms with E-state index in [-0.39, 0.29) is 5.91 Å². The van der Waals surface area contributed by atoms with Gasteiger partial charge in [-0.25, -0.2) is 4.98 Å². The molecule has 6 nitrogen and oxygen atoms in total. The van der Waals surface area contributed by atoms with E-state index in [0.717, 1.165) is 5.39 Å². The number of H-pyrrole nitrogens is 1. The second kappa shape index (κ2) is 4.41. The molecule has 0 bridgehead atoms. The molecule has 0 aliphatic rings. The van der Waals surface area contributed by atoms with Gasteiger partial charge in [0.2, 0.25) is 0 Å². The van der Waals surface area contributed by atoms with E-state index in [1.165, 1.54) is 6.20 Å². The fourth-order valence-electron chi connectivity index (χ4n) is 1.84. The molecule has 3 rings (SSSR count). The molecular weight excluding hydrogens is 242 g/mol. The van der Waals surface area contributed by atoms with Crippen LogP contribution in [0.5, 0.6) is 0 Å². The van der Waals surface area contributed by atoms with Gasteiger partial charge in [-0.15, -0.1) is 0 Å². The Labute approximate surface area is 108 Å². The summed E-state index contributed by atoms with van der Waals surface area (Å²) >= 11 is 0. The molecule has 6 heteroatoms. The summed E-state index contributed by atoms with van der Waals surface area (Å²) < 4.78 is 0. The number of hydrogen-bond acceptors (Lipinski definition) is 4. The quantitative estimate of drug-likeness (QED) is 0.648. The van der Waals surface area contributed by atoms with Gasteiger partial charge in [0.05, 0.1) is 23.1 Å². The van der Waals surface area contributed by atoms with Crippen molar-refractivity contribution in [2.45, 2.75) is 0 Å². The minimum atomic E-state index is -0.305. The Balaban J connectivity index is 1.95. The molecule has 0 aromatic carbocycles. The van der Waals surface area contributed by atoms with E-state index >= 15 is 0 Å². The molecular formula is C13H11N5O. The van der Waals surface area contributed by atoms with Crippen molar-refractivity contribution in [3.05, 3.63) is 48.5 Å². The smallest absolute Gasteiger partial charge is 0.259 e. The van der Waals surface area contributed by atoms with Crippen LogP contribution in [0.25, 0.3) is 11.0 Å². The summed E-state index contributed by atoms with van der Waals surface area (Å²) in [7, 11) is 0.